The predicted octanol–water partition coefficient (Wildman–Crippen LogP) is 6.91. The first kappa shape index (κ1) is 20.3. The van der Waals surface area contributed by atoms with Crippen molar-refractivity contribution in [2.24, 2.45) is 4.99 Å². The van der Waals surface area contributed by atoms with Crippen LogP contribution in [0, 0.1) is 13.8 Å². The van der Waals surface area contributed by atoms with Crippen molar-refractivity contribution in [3.8, 4) is 0 Å². The highest BCUT2D eigenvalue weighted by Crippen LogP contribution is 2.32. The highest BCUT2D eigenvalue weighted by Gasteiger charge is 2.12. The smallest absolute Gasteiger partial charge is 0.0490 e. The summed E-state index contributed by atoms with van der Waals surface area (Å²) in [5, 5.41) is 0. The van der Waals surface area contributed by atoms with Crippen LogP contribution in [-0.4, -0.2) is 13.3 Å². The molecule has 2 heteroatoms. The maximum atomic E-state index is 4.17. The molecule has 3 aromatic rings. The first-order valence-corrected chi connectivity index (χ1v) is 9.87. The second kappa shape index (κ2) is 9.70. The van der Waals surface area contributed by atoms with Crippen molar-refractivity contribution < 1.29 is 0 Å². The van der Waals surface area contributed by atoms with Crippen molar-refractivity contribution in [2.75, 3.05) is 11.9 Å². The standard InChI is InChI=1S/C27H28N2/c1-5-29(26-9-7-6-8-10-26)27-20-24(16-13-22(27)3)25(17-18-28-4)19-23-14-11-21(2)12-15-23/h5-18,20H,1,19H2,2-4H3/b25-17+,28-18?. The molecule has 3 aromatic carbocycles. The number of rotatable bonds is 7. The maximum Gasteiger partial charge on any atom is 0.0490 e. The molecule has 0 aromatic heterocycles. The minimum Gasteiger partial charge on any atom is -0.317 e. The minimum absolute atomic E-state index is 0.855. The summed E-state index contributed by atoms with van der Waals surface area (Å²) >= 11 is 0. The topological polar surface area (TPSA) is 15.6 Å². The van der Waals surface area contributed by atoms with Gasteiger partial charge >= 0.3 is 0 Å². The van der Waals surface area contributed by atoms with Crippen molar-refractivity contribution in [3.05, 3.63) is 114 Å². The zero-order valence-electron chi connectivity index (χ0n) is 17.5. The largest absolute Gasteiger partial charge is 0.317 e. The normalized spacial score (nSPS) is 11.6. The SMILES string of the molecule is C=CN(c1ccccc1)c1cc(/C(=C/C=NC)Cc2ccc(C)cc2)ccc1C. The Labute approximate surface area is 174 Å². The summed E-state index contributed by atoms with van der Waals surface area (Å²) in [5.74, 6) is 0. The Bertz CT molecular complexity index is 1010. The molecular weight excluding hydrogens is 352 g/mol. The van der Waals surface area contributed by atoms with E-state index in [0.717, 1.165) is 17.8 Å². The molecule has 2 nitrogen and oxygen atoms in total. The summed E-state index contributed by atoms with van der Waals surface area (Å²) in [6, 6.07) is 25.6. The number of hydrogen-bond donors (Lipinski definition) is 0. The summed E-state index contributed by atoms with van der Waals surface area (Å²) in [5.41, 5.74) is 8.42. The average Bonchev–Trinajstić information content (AvgIpc) is 2.75. The Morgan fingerprint density at radius 2 is 1.69 bits per heavy atom. The van der Waals surface area contributed by atoms with Crippen LogP contribution < -0.4 is 4.90 Å². The number of allylic oxidation sites excluding steroid dienone is 2. The molecule has 0 heterocycles. The van der Waals surface area contributed by atoms with Gasteiger partial charge in [-0.25, -0.2) is 0 Å². The van der Waals surface area contributed by atoms with Gasteiger partial charge in [-0.05, 0) is 66.8 Å². The lowest BCUT2D eigenvalue weighted by Crippen LogP contribution is -2.09. The number of hydrogen-bond acceptors (Lipinski definition) is 2. The summed E-state index contributed by atoms with van der Waals surface area (Å²) < 4.78 is 0. The Morgan fingerprint density at radius 1 is 0.966 bits per heavy atom. The van der Waals surface area contributed by atoms with Crippen molar-refractivity contribution in [1.82, 2.24) is 0 Å². The number of benzene rings is 3. The first-order valence-electron chi connectivity index (χ1n) is 9.87. The third-order valence-electron chi connectivity index (χ3n) is 5.00. The molecule has 0 saturated carbocycles. The molecular formula is C27H28N2. The zero-order valence-corrected chi connectivity index (χ0v) is 17.5. The average molecular weight is 381 g/mol. The Balaban J connectivity index is 2.02. The van der Waals surface area contributed by atoms with E-state index in [9.17, 15) is 0 Å². The fourth-order valence-electron chi connectivity index (χ4n) is 3.35. The van der Waals surface area contributed by atoms with Gasteiger partial charge in [0.25, 0.3) is 0 Å². The van der Waals surface area contributed by atoms with E-state index >= 15 is 0 Å². The molecule has 3 rings (SSSR count). The van der Waals surface area contributed by atoms with Gasteiger partial charge in [0.05, 0.1) is 0 Å². The molecule has 0 aliphatic rings. The fraction of sp³-hybridized carbons (Fsp3) is 0.148. The van der Waals surface area contributed by atoms with E-state index in [1.165, 1.54) is 27.8 Å². The molecule has 146 valence electrons. The van der Waals surface area contributed by atoms with Gasteiger partial charge < -0.3 is 4.90 Å². The van der Waals surface area contributed by atoms with E-state index in [4.69, 9.17) is 0 Å². The third-order valence-corrected chi connectivity index (χ3v) is 5.00. The van der Waals surface area contributed by atoms with Crippen molar-refractivity contribution in [2.45, 2.75) is 20.3 Å². The summed E-state index contributed by atoms with van der Waals surface area (Å²) in [6.07, 6.45) is 6.70. The van der Waals surface area contributed by atoms with Crippen molar-refractivity contribution in [1.29, 1.82) is 0 Å². The van der Waals surface area contributed by atoms with Crippen LogP contribution in [0.25, 0.3) is 5.57 Å². The van der Waals surface area contributed by atoms with Gasteiger partial charge in [-0.2, -0.15) is 0 Å². The zero-order chi connectivity index (χ0) is 20.6. The molecule has 0 saturated heterocycles. The molecule has 29 heavy (non-hydrogen) atoms. The lowest BCUT2D eigenvalue weighted by molar-refractivity contribution is 1.23. The molecule has 0 atom stereocenters. The van der Waals surface area contributed by atoms with Crippen LogP contribution in [0.5, 0.6) is 0 Å². The van der Waals surface area contributed by atoms with Crippen molar-refractivity contribution in [3.63, 3.8) is 0 Å². The van der Waals surface area contributed by atoms with E-state index in [2.05, 4.69) is 91.0 Å². The van der Waals surface area contributed by atoms with Crippen LogP contribution in [0.3, 0.4) is 0 Å². The van der Waals surface area contributed by atoms with Gasteiger partial charge in [-0.1, -0.05) is 66.7 Å². The van der Waals surface area contributed by atoms with Gasteiger partial charge in [0.1, 0.15) is 0 Å². The van der Waals surface area contributed by atoms with Crippen LogP contribution in [0.1, 0.15) is 22.3 Å². The van der Waals surface area contributed by atoms with Gasteiger partial charge in [0, 0.05) is 30.8 Å². The lowest BCUT2D eigenvalue weighted by atomic mass is 9.95. The quantitative estimate of drug-likeness (QED) is 0.407. The fourth-order valence-corrected chi connectivity index (χ4v) is 3.35. The monoisotopic (exact) mass is 380 g/mol. The number of aliphatic imine (C=N–C) groups is 1. The van der Waals surface area contributed by atoms with E-state index in [-0.39, 0.29) is 0 Å². The van der Waals surface area contributed by atoms with E-state index in [1.54, 1.807) is 7.05 Å². The Morgan fingerprint density at radius 3 is 2.34 bits per heavy atom. The molecule has 0 spiro atoms. The molecule has 0 aliphatic heterocycles. The molecule has 0 unspecified atom stereocenters. The van der Waals surface area contributed by atoms with Crippen LogP contribution in [0.2, 0.25) is 0 Å². The highest BCUT2D eigenvalue weighted by atomic mass is 15.1. The molecule has 0 fully saturated rings. The van der Waals surface area contributed by atoms with E-state index in [1.807, 2.05) is 30.6 Å². The van der Waals surface area contributed by atoms with Crippen LogP contribution >= 0.6 is 0 Å². The van der Waals surface area contributed by atoms with Gasteiger partial charge in [0.2, 0.25) is 0 Å². The minimum atomic E-state index is 0.855. The second-order valence-electron chi connectivity index (χ2n) is 7.15. The van der Waals surface area contributed by atoms with E-state index in [0.29, 0.717) is 0 Å². The highest BCUT2D eigenvalue weighted by molar-refractivity contribution is 5.86. The van der Waals surface area contributed by atoms with Crippen LogP contribution in [0.4, 0.5) is 11.4 Å². The van der Waals surface area contributed by atoms with Gasteiger partial charge in [-0.15, -0.1) is 0 Å². The molecule has 0 bridgehead atoms. The second-order valence-corrected chi connectivity index (χ2v) is 7.15. The third kappa shape index (κ3) is 5.11. The lowest BCUT2D eigenvalue weighted by Gasteiger charge is -2.23. The molecule has 0 N–H and O–H groups in total. The predicted molar refractivity (Wildman–Crippen MR) is 127 cm³/mol. The van der Waals surface area contributed by atoms with Crippen LogP contribution in [-0.2, 0) is 6.42 Å². The van der Waals surface area contributed by atoms with Gasteiger partial charge in [-0.3, -0.25) is 4.99 Å². The molecule has 0 amide bonds. The van der Waals surface area contributed by atoms with Crippen LogP contribution in [0.15, 0.2) is 96.6 Å². The number of aryl methyl sites for hydroxylation is 2. The summed E-state index contributed by atoms with van der Waals surface area (Å²) in [7, 11) is 1.80. The first-order chi connectivity index (χ1) is 14.1. The van der Waals surface area contributed by atoms with Crippen molar-refractivity contribution >= 4 is 23.2 Å². The Kier molecular flexibility index (Phi) is 6.80. The number of anilines is 2. The molecule has 0 radical (unpaired) electrons. The van der Waals surface area contributed by atoms with Gasteiger partial charge in [0.15, 0.2) is 0 Å². The number of para-hydroxylation sites is 1. The maximum absolute atomic E-state index is 4.17. The summed E-state index contributed by atoms with van der Waals surface area (Å²) in [6.45, 7) is 8.29. The molecule has 0 aliphatic carbocycles. The summed E-state index contributed by atoms with van der Waals surface area (Å²) in [4.78, 5) is 6.30. The Hall–Kier alpha value is -3.39. The van der Waals surface area contributed by atoms with E-state index < -0.39 is 0 Å². The number of nitrogens with zero attached hydrogens (tertiary/aromatic N) is 2.